The van der Waals surface area contributed by atoms with Gasteiger partial charge in [0.2, 0.25) is 0 Å². The van der Waals surface area contributed by atoms with Gasteiger partial charge in [-0.3, -0.25) is 4.79 Å². The van der Waals surface area contributed by atoms with Gasteiger partial charge in [0.1, 0.15) is 5.78 Å². The topological polar surface area (TPSA) is 43.1 Å². The van der Waals surface area contributed by atoms with Gasteiger partial charge in [-0.25, -0.2) is 0 Å². The molecule has 32 heavy (non-hydrogen) atoms. The van der Waals surface area contributed by atoms with Crippen molar-refractivity contribution in [1.82, 2.24) is 0 Å². The molecule has 2 nitrogen and oxygen atoms in total. The number of carbonyl (C=O) groups excluding carboxylic acids is 1. The smallest absolute Gasteiger partial charge is 0.132 e. The average Bonchev–Trinajstić information content (AvgIpc) is 2.80. The summed E-state index contributed by atoms with van der Waals surface area (Å²) >= 11 is 0. The molecule has 2 unspecified atom stereocenters. The first-order valence-corrected chi connectivity index (χ1v) is 12.9. The maximum absolute atomic E-state index is 12.4. The monoisotopic (exact) mass is 437 g/mol. The van der Waals surface area contributed by atoms with Crippen LogP contribution in [0.2, 0.25) is 0 Å². The molecule has 1 aromatic rings. The molecule has 0 saturated carbocycles. The molecule has 0 amide bonds. The Labute approximate surface area is 197 Å². The fourth-order valence-corrected chi connectivity index (χ4v) is 4.93. The normalized spacial score (nSPS) is 17.8. The first kappa shape index (κ1) is 26.6. The maximum Gasteiger partial charge on any atom is 0.132 e. The first-order chi connectivity index (χ1) is 15.2. The van der Waals surface area contributed by atoms with Gasteiger partial charge in [-0.2, -0.15) is 0 Å². The fourth-order valence-electron chi connectivity index (χ4n) is 4.93. The molecule has 0 aliphatic heterocycles. The summed E-state index contributed by atoms with van der Waals surface area (Å²) in [5.41, 5.74) is 12.1. The molecule has 1 aliphatic rings. The Kier molecular flexibility index (Phi) is 10.4. The number of hydrogen-bond acceptors (Lipinski definition) is 2. The minimum Gasteiger partial charge on any atom is -0.330 e. The standard InChI is InChI=1S/C30H47NO/c1-6-29(4,26-17-13-24(2)14-18-26)21-9-7-11-28(32)12-8-10-22-30(5,23-31)27-19-15-25(3)16-20-27/h13,15-17,19-20H,6-12,14,18,21-23,31H2,1-5H3. The highest BCUT2D eigenvalue weighted by atomic mass is 16.1. The van der Waals surface area contributed by atoms with E-state index in [9.17, 15) is 4.79 Å². The van der Waals surface area contributed by atoms with Gasteiger partial charge >= 0.3 is 0 Å². The second-order valence-corrected chi connectivity index (χ2v) is 10.7. The molecular formula is C30H47NO. The van der Waals surface area contributed by atoms with E-state index in [1.54, 1.807) is 5.57 Å². The van der Waals surface area contributed by atoms with Crippen LogP contribution in [0.5, 0.6) is 0 Å². The van der Waals surface area contributed by atoms with Gasteiger partial charge in [-0.15, -0.1) is 0 Å². The SMILES string of the molecule is CCC(C)(CCCCC(=O)CCCCC(C)(CN)c1ccc(C)cc1)C1=CC=C(C)CC1. The molecule has 2 heteroatoms. The molecule has 1 aliphatic carbocycles. The lowest BCUT2D eigenvalue weighted by molar-refractivity contribution is -0.119. The highest BCUT2D eigenvalue weighted by Crippen LogP contribution is 2.41. The van der Waals surface area contributed by atoms with Gasteiger partial charge in [0, 0.05) is 24.8 Å². The largest absolute Gasteiger partial charge is 0.330 e. The van der Waals surface area contributed by atoms with Crippen molar-refractivity contribution in [2.75, 3.05) is 6.54 Å². The molecule has 0 saturated heterocycles. The minimum atomic E-state index is 0.00287. The summed E-state index contributed by atoms with van der Waals surface area (Å²) in [5.74, 6) is 0.434. The van der Waals surface area contributed by atoms with Gasteiger partial charge in [-0.05, 0) is 69.8 Å². The fraction of sp³-hybridized carbons (Fsp3) is 0.633. The summed E-state index contributed by atoms with van der Waals surface area (Å²) in [6, 6.07) is 8.74. The number of aryl methyl sites for hydroxylation is 1. The van der Waals surface area contributed by atoms with Crippen LogP contribution in [0.15, 0.2) is 47.6 Å². The van der Waals surface area contributed by atoms with Crippen LogP contribution in [-0.4, -0.2) is 12.3 Å². The van der Waals surface area contributed by atoms with Crippen LogP contribution in [0.3, 0.4) is 0 Å². The predicted molar refractivity (Wildman–Crippen MR) is 139 cm³/mol. The highest BCUT2D eigenvalue weighted by Gasteiger charge is 2.27. The van der Waals surface area contributed by atoms with E-state index < -0.39 is 0 Å². The molecule has 0 bridgehead atoms. The van der Waals surface area contributed by atoms with E-state index in [0.29, 0.717) is 17.7 Å². The first-order valence-electron chi connectivity index (χ1n) is 12.9. The Hall–Kier alpha value is -1.67. The lowest BCUT2D eigenvalue weighted by Gasteiger charge is -2.33. The van der Waals surface area contributed by atoms with Crippen LogP contribution < -0.4 is 5.73 Å². The van der Waals surface area contributed by atoms with E-state index in [1.807, 2.05) is 0 Å². The van der Waals surface area contributed by atoms with Crippen LogP contribution in [0, 0.1) is 12.3 Å². The summed E-state index contributed by atoms with van der Waals surface area (Å²) in [6.45, 7) is 12.0. The Morgan fingerprint density at radius 1 is 0.875 bits per heavy atom. The third kappa shape index (κ3) is 7.73. The summed E-state index contributed by atoms with van der Waals surface area (Å²) in [4.78, 5) is 12.4. The third-order valence-corrected chi connectivity index (χ3v) is 7.98. The van der Waals surface area contributed by atoms with Crippen molar-refractivity contribution in [1.29, 1.82) is 0 Å². The molecule has 0 aromatic heterocycles. The van der Waals surface area contributed by atoms with Gasteiger partial charge in [0.15, 0.2) is 0 Å². The van der Waals surface area contributed by atoms with Crippen molar-refractivity contribution in [2.24, 2.45) is 11.1 Å². The summed E-state index contributed by atoms with van der Waals surface area (Å²) in [6.07, 6.45) is 16.1. The zero-order valence-electron chi connectivity index (χ0n) is 21.4. The van der Waals surface area contributed by atoms with Crippen LogP contribution in [-0.2, 0) is 10.2 Å². The number of unbranched alkanes of at least 4 members (excludes halogenated alkanes) is 2. The quantitative estimate of drug-likeness (QED) is 0.300. The van der Waals surface area contributed by atoms with Gasteiger partial charge in [0.05, 0.1) is 0 Å². The Balaban J connectivity index is 1.68. The number of nitrogens with two attached hydrogens (primary N) is 1. The van der Waals surface area contributed by atoms with Crippen molar-refractivity contribution in [2.45, 2.75) is 111 Å². The molecule has 2 atom stereocenters. The zero-order valence-corrected chi connectivity index (χ0v) is 21.4. The number of ketones is 1. The Morgan fingerprint density at radius 3 is 1.97 bits per heavy atom. The average molecular weight is 438 g/mol. The molecule has 1 aromatic carbocycles. The van der Waals surface area contributed by atoms with E-state index >= 15 is 0 Å². The van der Waals surface area contributed by atoms with Crippen LogP contribution in [0.25, 0.3) is 0 Å². The van der Waals surface area contributed by atoms with E-state index in [1.165, 1.54) is 42.4 Å². The molecular weight excluding hydrogens is 390 g/mol. The van der Waals surface area contributed by atoms with Crippen molar-refractivity contribution in [3.05, 3.63) is 58.7 Å². The summed E-state index contributed by atoms with van der Waals surface area (Å²) in [5, 5.41) is 0. The maximum atomic E-state index is 12.4. The van der Waals surface area contributed by atoms with Crippen LogP contribution in [0.4, 0.5) is 0 Å². The lowest BCUT2D eigenvalue weighted by Crippen LogP contribution is -2.31. The number of hydrogen-bond donors (Lipinski definition) is 1. The second-order valence-electron chi connectivity index (χ2n) is 10.7. The molecule has 0 spiro atoms. The molecule has 2 rings (SSSR count). The van der Waals surface area contributed by atoms with E-state index in [2.05, 4.69) is 71.0 Å². The third-order valence-electron chi connectivity index (χ3n) is 7.98. The van der Waals surface area contributed by atoms with E-state index in [4.69, 9.17) is 5.73 Å². The summed E-state index contributed by atoms with van der Waals surface area (Å²) < 4.78 is 0. The molecule has 178 valence electrons. The van der Waals surface area contributed by atoms with Gasteiger partial charge in [-0.1, -0.05) is 86.7 Å². The van der Waals surface area contributed by atoms with Crippen molar-refractivity contribution < 1.29 is 4.79 Å². The predicted octanol–water partition coefficient (Wildman–Crippen LogP) is 7.98. The Morgan fingerprint density at radius 2 is 1.47 bits per heavy atom. The molecule has 2 N–H and O–H groups in total. The zero-order chi connectivity index (χ0) is 23.6. The van der Waals surface area contributed by atoms with E-state index in [0.717, 1.165) is 44.9 Å². The number of benzene rings is 1. The lowest BCUT2D eigenvalue weighted by atomic mass is 9.72. The van der Waals surface area contributed by atoms with Crippen molar-refractivity contribution in [3.63, 3.8) is 0 Å². The van der Waals surface area contributed by atoms with Gasteiger partial charge < -0.3 is 5.73 Å². The molecule has 0 radical (unpaired) electrons. The minimum absolute atomic E-state index is 0.00287. The van der Waals surface area contributed by atoms with Crippen LogP contribution in [0.1, 0.15) is 109 Å². The van der Waals surface area contributed by atoms with Crippen molar-refractivity contribution >= 4 is 5.78 Å². The van der Waals surface area contributed by atoms with Gasteiger partial charge in [0.25, 0.3) is 0 Å². The number of allylic oxidation sites excluding steroid dienone is 4. The van der Waals surface area contributed by atoms with Crippen LogP contribution >= 0.6 is 0 Å². The van der Waals surface area contributed by atoms with Crippen molar-refractivity contribution in [3.8, 4) is 0 Å². The number of Topliss-reactive ketones (excluding diaryl/α,β-unsaturated/α-hetero) is 1. The van der Waals surface area contributed by atoms with E-state index in [-0.39, 0.29) is 5.41 Å². The number of carbonyl (C=O) groups is 1. The number of rotatable bonds is 14. The summed E-state index contributed by atoms with van der Waals surface area (Å²) in [7, 11) is 0. The second kappa shape index (κ2) is 12.5. The molecule has 0 heterocycles. The highest BCUT2D eigenvalue weighted by molar-refractivity contribution is 5.78. The molecule has 0 fully saturated rings. The Bertz CT molecular complexity index is 788.